The van der Waals surface area contributed by atoms with Crippen molar-refractivity contribution in [2.75, 3.05) is 20.1 Å². The maximum absolute atomic E-state index is 11.4. The zero-order chi connectivity index (χ0) is 11.3. The highest BCUT2D eigenvalue weighted by molar-refractivity contribution is 5.84. The Balaban J connectivity index is 2.17. The molecule has 1 fully saturated rings. The minimum atomic E-state index is -0.163. The van der Waals surface area contributed by atoms with Crippen molar-refractivity contribution in [1.82, 2.24) is 15.5 Å². The van der Waals surface area contributed by atoms with Crippen LogP contribution in [0.5, 0.6) is 0 Å². The van der Waals surface area contributed by atoms with Gasteiger partial charge in [-0.15, -0.1) is 0 Å². The molecular weight excluding hydrogens is 194 g/mol. The van der Waals surface area contributed by atoms with Crippen molar-refractivity contribution >= 4 is 11.9 Å². The van der Waals surface area contributed by atoms with Crippen LogP contribution < -0.4 is 10.6 Å². The number of likely N-dealkylation sites (N-methyl/N-ethyl adjacent to an activating group) is 1. The molecule has 1 saturated carbocycles. The summed E-state index contributed by atoms with van der Waals surface area (Å²) in [5, 5.41) is 5.55. The van der Waals surface area contributed by atoms with Gasteiger partial charge in [-0.3, -0.25) is 4.79 Å². The van der Waals surface area contributed by atoms with E-state index in [1.165, 1.54) is 4.90 Å². The van der Waals surface area contributed by atoms with Crippen LogP contribution in [0.15, 0.2) is 0 Å². The van der Waals surface area contributed by atoms with Gasteiger partial charge in [0.05, 0.1) is 0 Å². The highest BCUT2D eigenvalue weighted by atomic mass is 16.2. The van der Waals surface area contributed by atoms with Crippen LogP contribution in [0.25, 0.3) is 0 Å². The number of nitrogens with zero attached hydrogens (tertiary/aromatic N) is 1. The second-order valence-electron chi connectivity index (χ2n) is 3.93. The van der Waals surface area contributed by atoms with Gasteiger partial charge in [-0.2, -0.15) is 0 Å². The van der Waals surface area contributed by atoms with E-state index in [-0.39, 0.29) is 18.5 Å². The van der Waals surface area contributed by atoms with Crippen LogP contribution in [0.4, 0.5) is 4.79 Å². The molecule has 1 rings (SSSR count). The Morgan fingerprint density at radius 1 is 1.40 bits per heavy atom. The second kappa shape index (κ2) is 5.58. The van der Waals surface area contributed by atoms with E-state index in [4.69, 9.17) is 0 Å². The van der Waals surface area contributed by atoms with Crippen molar-refractivity contribution in [3.63, 3.8) is 0 Å². The molecule has 5 nitrogen and oxygen atoms in total. The minimum absolute atomic E-state index is 0.106. The first-order valence-electron chi connectivity index (χ1n) is 5.41. The molecule has 0 aromatic carbocycles. The maximum atomic E-state index is 11.4. The maximum Gasteiger partial charge on any atom is 0.317 e. The summed E-state index contributed by atoms with van der Waals surface area (Å²) >= 11 is 0. The van der Waals surface area contributed by atoms with E-state index in [9.17, 15) is 9.59 Å². The first kappa shape index (κ1) is 11.8. The SMILES string of the molecule is CCCNC(=O)CN(C)C(=O)NC1CC1. The number of urea groups is 1. The van der Waals surface area contributed by atoms with E-state index < -0.39 is 0 Å². The zero-order valence-electron chi connectivity index (χ0n) is 9.38. The monoisotopic (exact) mass is 213 g/mol. The number of nitrogens with one attached hydrogen (secondary N) is 2. The average Bonchev–Trinajstić information content (AvgIpc) is 2.98. The Bertz CT molecular complexity index is 239. The molecule has 86 valence electrons. The van der Waals surface area contributed by atoms with Crippen LogP contribution in [-0.4, -0.2) is 43.0 Å². The fourth-order valence-electron chi connectivity index (χ4n) is 1.12. The number of hydrogen-bond donors (Lipinski definition) is 2. The molecular formula is C10H19N3O2. The molecule has 0 aromatic rings. The van der Waals surface area contributed by atoms with Gasteiger partial charge >= 0.3 is 6.03 Å². The van der Waals surface area contributed by atoms with Gasteiger partial charge < -0.3 is 15.5 Å². The summed E-state index contributed by atoms with van der Waals surface area (Å²) < 4.78 is 0. The molecule has 0 atom stereocenters. The van der Waals surface area contributed by atoms with Crippen LogP contribution in [0.2, 0.25) is 0 Å². The molecule has 0 unspecified atom stereocenters. The van der Waals surface area contributed by atoms with Crippen LogP contribution in [0.1, 0.15) is 26.2 Å². The van der Waals surface area contributed by atoms with Crippen molar-refractivity contribution in [3.05, 3.63) is 0 Å². The van der Waals surface area contributed by atoms with E-state index in [0.29, 0.717) is 12.6 Å². The summed E-state index contributed by atoms with van der Waals surface area (Å²) in [5.74, 6) is -0.106. The quantitative estimate of drug-likeness (QED) is 0.690. The number of rotatable bonds is 5. The molecule has 1 aliphatic rings. The summed E-state index contributed by atoms with van der Waals surface area (Å²) in [6, 6.07) is 0.169. The van der Waals surface area contributed by atoms with Crippen molar-refractivity contribution in [1.29, 1.82) is 0 Å². The number of amides is 3. The van der Waals surface area contributed by atoms with E-state index >= 15 is 0 Å². The van der Waals surface area contributed by atoms with Crippen LogP contribution in [-0.2, 0) is 4.79 Å². The van der Waals surface area contributed by atoms with E-state index in [1.54, 1.807) is 7.05 Å². The highest BCUT2D eigenvalue weighted by Gasteiger charge is 2.25. The zero-order valence-corrected chi connectivity index (χ0v) is 9.38. The van der Waals surface area contributed by atoms with E-state index in [1.807, 2.05) is 6.92 Å². The van der Waals surface area contributed by atoms with E-state index in [0.717, 1.165) is 19.3 Å². The number of carbonyl (C=O) groups is 2. The van der Waals surface area contributed by atoms with Crippen molar-refractivity contribution < 1.29 is 9.59 Å². The lowest BCUT2D eigenvalue weighted by Gasteiger charge is -2.17. The van der Waals surface area contributed by atoms with Gasteiger partial charge in [-0.1, -0.05) is 6.92 Å². The lowest BCUT2D eigenvalue weighted by molar-refractivity contribution is -0.121. The molecule has 5 heteroatoms. The summed E-state index contributed by atoms with van der Waals surface area (Å²) in [5.41, 5.74) is 0. The van der Waals surface area contributed by atoms with E-state index in [2.05, 4.69) is 10.6 Å². The standard InChI is InChI=1S/C10H19N3O2/c1-3-6-11-9(14)7-13(2)10(15)12-8-4-5-8/h8H,3-7H2,1-2H3,(H,11,14)(H,12,15). The van der Waals surface area contributed by atoms with Gasteiger partial charge in [0.1, 0.15) is 6.54 Å². The molecule has 0 radical (unpaired) electrons. The Morgan fingerprint density at radius 2 is 2.07 bits per heavy atom. The van der Waals surface area contributed by atoms with Crippen LogP contribution in [0, 0.1) is 0 Å². The largest absolute Gasteiger partial charge is 0.355 e. The molecule has 3 amide bonds. The van der Waals surface area contributed by atoms with Crippen molar-refractivity contribution in [2.45, 2.75) is 32.2 Å². The van der Waals surface area contributed by atoms with Gasteiger partial charge in [-0.25, -0.2) is 4.79 Å². The Morgan fingerprint density at radius 3 is 2.60 bits per heavy atom. The van der Waals surface area contributed by atoms with Gasteiger partial charge in [0.15, 0.2) is 0 Å². The summed E-state index contributed by atoms with van der Waals surface area (Å²) in [6.07, 6.45) is 3.02. The van der Waals surface area contributed by atoms with Gasteiger partial charge in [-0.05, 0) is 19.3 Å². The number of carbonyl (C=O) groups excluding carboxylic acids is 2. The Labute approximate surface area is 90.2 Å². The van der Waals surface area contributed by atoms with Gasteiger partial charge in [0.2, 0.25) is 5.91 Å². The third-order valence-electron chi connectivity index (χ3n) is 2.20. The summed E-state index contributed by atoms with van der Waals surface area (Å²) in [4.78, 5) is 24.1. The van der Waals surface area contributed by atoms with Crippen LogP contribution >= 0.6 is 0 Å². The first-order chi connectivity index (χ1) is 7.13. The molecule has 1 aliphatic carbocycles. The summed E-state index contributed by atoms with van der Waals surface area (Å²) in [7, 11) is 1.63. The highest BCUT2D eigenvalue weighted by Crippen LogP contribution is 2.18. The van der Waals surface area contributed by atoms with Crippen LogP contribution in [0.3, 0.4) is 0 Å². The average molecular weight is 213 g/mol. The topological polar surface area (TPSA) is 61.4 Å². The molecule has 0 saturated heterocycles. The summed E-state index contributed by atoms with van der Waals surface area (Å²) in [6.45, 7) is 2.78. The molecule has 15 heavy (non-hydrogen) atoms. The van der Waals surface area contributed by atoms with Gasteiger partial charge in [0.25, 0.3) is 0 Å². The fourth-order valence-corrected chi connectivity index (χ4v) is 1.12. The second-order valence-corrected chi connectivity index (χ2v) is 3.93. The molecule has 2 N–H and O–H groups in total. The lowest BCUT2D eigenvalue weighted by atomic mass is 10.4. The third-order valence-corrected chi connectivity index (χ3v) is 2.20. The Hall–Kier alpha value is -1.26. The Kier molecular flexibility index (Phi) is 4.39. The number of hydrogen-bond acceptors (Lipinski definition) is 2. The minimum Gasteiger partial charge on any atom is -0.355 e. The molecule has 0 spiro atoms. The normalized spacial score (nSPS) is 14.5. The lowest BCUT2D eigenvalue weighted by Crippen LogP contribution is -2.44. The predicted molar refractivity (Wildman–Crippen MR) is 57.5 cm³/mol. The predicted octanol–water partition coefficient (Wildman–Crippen LogP) is 0.316. The molecule has 0 aliphatic heterocycles. The fraction of sp³-hybridized carbons (Fsp3) is 0.800. The molecule has 0 bridgehead atoms. The smallest absolute Gasteiger partial charge is 0.317 e. The third kappa shape index (κ3) is 4.67. The molecule has 0 aromatic heterocycles. The first-order valence-corrected chi connectivity index (χ1v) is 5.41. The van der Waals surface area contributed by atoms with Crippen molar-refractivity contribution in [3.8, 4) is 0 Å². The molecule has 0 heterocycles. The van der Waals surface area contributed by atoms with Gasteiger partial charge in [0, 0.05) is 19.6 Å². The van der Waals surface area contributed by atoms with Crippen molar-refractivity contribution in [2.24, 2.45) is 0 Å².